The van der Waals surface area contributed by atoms with Crippen LogP contribution in [0.5, 0.6) is 0 Å². The van der Waals surface area contributed by atoms with Crippen molar-refractivity contribution in [1.82, 2.24) is 29.4 Å². The van der Waals surface area contributed by atoms with E-state index in [9.17, 15) is 4.79 Å². The van der Waals surface area contributed by atoms with E-state index in [0.717, 1.165) is 38.4 Å². The van der Waals surface area contributed by atoms with Crippen molar-refractivity contribution in [1.29, 1.82) is 0 Å². The van der Waals surface area contributed by atoms with Crippen LogP contribution in [0.3, 0.4) is 0 Å². The molecule has 0 aromatic carbocycles. The summed E-state index contributed by atoms with van der Waals surface area (Å²) in [6.07, 6.45) is 5.37. The Bertz CT molecular complexity index is 943. The molecule has 0 unspecified atom stereocenters. The summed E-state index contributed by atoms with van der Waals surface area (Å²) in [6.45, 7) is 7.27. The van der Waals surface area contributed by atoms with E-state index in [-0.39, 0.29) is 5.56 Å². The molecule has 8 nitrogen and oxygen atoms in total. The molecular formula is C19H23N7O. The minimum Gasteiger partial charge on any atom is -0.369 e. The van der Waals surface area contributed by atoms with Gasteiger partial charge in [-0.1, -0.05) is 0 Å². The van der Waals surface area contributed by atoms with Crippen molar-refractivity contribution in [3.8, 4) is 5.82 Å². The van der Waals surface area contributed by atoms with Crippen molar-refractivity contribution < 1.29 is 0 Å². The Morgan fingerprint density at radius 3 is 2.63 bits per heavy atom. The van der Waals surface area contributed by atoms with Crippen molar-refractivity contribution >= 4 is 5.69 Å². The maximum absolute atomic E-state index is 12.1. The first-order valence-corrected chi connectivity index (χ1v) is 9.17. The van der Waals surface area contributed by atoms with Crippen molar-refractivity contribution in [2.75, 3.05) is 37.6 Å². The van der Waals surface area contributed by atoms with Crippen LogP contribution in [0.4, 0.5) is 5.69 Å². The smallest absolute Gasteiger partial charge is 0.266 e. The number of aryl methyl sites for hydroxylation is 1. The Kier molecular flexibility index (Phi) is 4.97. The fraction of sp³-hybridized carbons (Fsp3) is 0.368. The predicted molar refractivity (Wildman–Crippen MR) is 103 cm³/mol. The third-order valence-electron chi connectivity index (χ3n) is 4.84. The summed E-state index contributed by atoms with van der Waals surface area (Å²) in [5, 5.41) is 8.60. The topological polar surface area (TPSA) is 72.1 Å². The van der Waals surface area contributed by atoms with Gasteiger partial charge in [0.2, 0.25) is 0 Å². The second kappa shape index (κ2) is 7.71. The summed E-state index contributed by atoms with van der Waals surface area (Å²) >= 11 is 0. The van der Waals surface area contributed by atoms with Gasteiger partial charge in [0.15, 0.2) is 5.82 Å². The first kappa shape index (κ1) is 17.4. The number of piperazine rings is 1. The van der Waals surface area contributed by atoms with E-state index < -0.39 is 0 Å². The molecule has 27 heavy (non-hydrogen) atoms. The zero-order chi connectivity index (χ0) is 18.6. The average molecular weight is 365 g/mol. The van der Waals surface area contributed by atoms with Gasteiger partial charge in [0.25, 0.3) is 5.56 Å². The van der Waals surface area contributed by atoms with Crippen LogP contribution in [0.25, 0.3) is 5.82 Å². The maximum atomic E-state index is 12.1. The van der Waals surface area contributed by atoms with Crippen LogP contribution < -0.4 is 10.5 Å². The number of pyridine rings is 1. The van der Waals surface area contributed by atoms with Crippen LogP contribution in [0.15, 0.2) is 53.7 Å². The van der Waals surface area contributed by atoms with E-state index in [1.54, 1.807) is 23.0 Å². The third-order valence-corrected chi connectivity index (χ3v) is 4.84. The fourth-order valence-electron chi connectivity index (χ4n) is 3.32. The number of hydrogen-bond acceptors (Lipinski definition) is 6. The van der Waals surface area contributed by atoms with E-state index in [1.165, 1.54) is 10.4 Å². The average Bonchev–Trinajstić information content (AvgIpc) is 3.23. The van der Waals surface area contributed by atoms with Crippen LogP contribution in [0, 0.1) is 6.92 Å². The molecule has 0 spiro atoms. The predicted octanol–water partition coefficient (Wildman–Crippen LogP) is 0.955. The molecule has 4 rings (SSSR count). The number of aromatic nitrogens is 5. The molecule has 0 N–H and O–H groups in total. The number of hydrogen-bond donors (Lipinski definition) is 0. The van der Waals surface area contributed by atoms with E-state index in [0.29, 0.717) is 12.4 Å². The highest BCUT2D eigenvalue weighted by Gasteiger charge is 2.17. The summed E-state index contributed by atoms with van der Waals surface area (Å²) in [5.41, 5.74) is 2.18. The molecule has 0 radical (unpaired) electrons. The molecule has 1 aliphatic heterocycles. The standard InChI is InChI=1S/C19H23N7O/c1-16-15-17(5-7-20-16)24-12-9-23(10-13-24)11-14-26-19(27)4-3-18(22-26)25-8-2-6-21-25/h2-8,15H,9-14H2,1H3. The van der Waals surface area contributed by atoms with Gasteiger partial charge in [0.1, 0.15) is 0 Å². The molecular weight excluding hydrogens is 342 g/mol. The molecule has 3 aromatic heterocycles. The SMILES string of the molecule is Cc1cc(N2CCN(CCn3nc(-n4cccn4)ccc3=O)CC2)ccn1. The van der Waals surface area contributed by atoms with Gasteiger partial charge in [0, 0.05) is 68.8 Å². The number of rotatable bonds is 5. The van der Waals surface area contributed by atoms with Gasteiger partial charge in [-0.25, -0.2) is 9.36 Å². The molecule has 8 heteroatoms. The van der Waals surface area contributed by atoms with E-state index >= 15 is 0 Å². The Balaban J connectivity index is 1.35. The molecule has 1 saturated heterocycles. The molecule has 0 saturated carbocycles. The first-order chi connectivity index (χ1) is 13.2. The quantitative estimate of drug-likeness (QED) is 0.671. The number of anilines is 1. The minimum absolute atomic E-state index is 0.0863. The summed E-state index contributed by atoms with van der Waals surface area (Å²) < 4.78 is 3.18. The largest absolute Gasteiger partial charge is 0.369 e. The van der Waals surface area contributed by atoms with Crippen LogP contribution >= 0.6 is 0 Å². The van der Waals surface area contributed by atoms with E-state index in [4.69, 9.17) is 0 Å². The summed E-state index contributed by atoms with van der Waals surface area (Å²) in [4.78, 5) is 21.1. The normalized spacial score (nSPS) is 15.2. The molecule has 0 atom stereocenters. The Morgan fingerprint density at radius 1 is 1.04 bits per heavy atom. The zero-order valence-electron chi connectivity index (χ0n) is 15.4. The molecule has 0 aliphatic carbocycles. The van der Waals surface area contributed by atoms with Crippen molar-refractivity contribution in [2.45, 2.75) is 13.5 Å². The Morgan fingerprint density at radius 2 is 1.89 bits per heavy atom. The van der Waals surface area contributed by atoms with E-state index in [2.05, 4.69) is 37.1 Å². The van der Waals surface area contributed by atoms with Crippen LogP contribution in [-0.2, 0) is 6.54 Å². The third kappa shape index (κ3) is 4.06. The highest BCUT2D eigenvalue weighted by molar-refractivity contribution is 5.46. The van der Waals surface area contributed by atoms with Gasteiger partial charge in [-0.15, -0.1) is 5.10 Å². The lowest BCUT2D eigenvalue weighted by Gasteiger charge is -2.36. The number of nitrogens with zero attached hydrogens (tertiary/aromatic N) is 7. The highest BCUT2D eigenvalue weighted by Crippen LogP contribution is 2.16. The molecule has 0 amide bonds. The van der Waals surface area contributed by atoms with E-state index in [1.807, 2.05) is 25.4 Å². The molecule has 140 valence electrons. The summed E-state index contributed by atoms with van der Waals surface area (Å²) in [7, 11) is 0. The van der Waals surface area contributed by atoms with Crippen molar-refractivity contribution in [3.63, 3.8) is 0 Å². The van der Waals surface area contributed by atoms with Gasteiger partial charge in [-0.3, -0.25) is 14.7 Å². The van der Waals surface area contributed by atoms with Crippen LogP contribution in [0.1, 0.15) is 5.69 Å². The maximum Gasteiger partial charge on any atom is 0.266 e. The second-order valence-electron chi connectivity index (χ2n) is 6.69. The molecule has 1 aliphatic rings. The Hall–Kier alpha value is -3.00. The van der Waals surface area contributed by atoms with Gasteiger partial charge < -0.3 is 4.90 Å². The van der Waals surface area contributed by atoms with Crippen molar-refractivity contribution in [3.05, 3.63) is 65.0 Å². The van der Waals surface area contributed by atoms with Gasteiger partial charge in [-0.05, 0) is 31.2 Å². The first-order valence-electron chi connectivity index (χ1n) is 9.17. The Labute approximate surface area is 157 Å². The lowest BCUT2D eigenvalue weighted by molar-refractivity contribution is 0.242. The second-order valence-corrected chi connectivity index (χ2v) is 6.69. The monoisotopic (exact) mass is 365 g/mol. The lowest BCUT2D eigenvalue weighted by Crippen LogP contribution is -2.47. The lowest BCUT2D eigenvalue weighted by atomic mass is 10.2. The molecule has 3 aromatic rings. The molecule has 4 heterocycles. The highest BCUT2D eigenvalue weighted by atomic mass is 16.1. The van der Waals surface area contributed by atoms with Gasteiger partial charge in [-0.2, -0.15) is 5.10 Å². The minimum atomic E-state index is -0.0863. The molecule has 1 fully saturated rings. The zero-order valence-corrected chi connectivity index (χ0v) is 15.4. The summed E-state index contributed by atoms with van der Waals surface area (Å²) in [5.74, 6) is 0.650. The fourth-order valence-corrected chi connectivity index (χ4v) is 3.32. The van der Waals surface area contributed by atoms with Gasteiger partial charge >= 0.3 is 0 Å². The van der Waals surface area contributed by atoms with Gasteiger partial charge in [0.05, 0.1) is 6.54 Å². The molecule has 0 bridgehead atoms. The summed E-state index contributed by atoms with van der Waals surface area (Å²) in [6, 6.07) is 9.27. The van der Waals surface area contributed by atoms with Crippen LogP contribution in [-0.4, -0.2) is 62.2 Å². The van der Waals surface area contributed by atoms with Crippen molar-refractivity contribution in [2.24, 2.45) is 0 Å². The van der Waals surface area contributed by atoms with Crippen LogP contribution in [0.2, 0.25) is 0 Å².